The Hall–Kier alpha value is -1.64. The zero-order valence-electron chi connectivity index (χ0n) is 14.0. The van der Waals surface area contributed by atoms with Gasteiger partial charge in [-0.15, -0.1) is 0 Å². The molecule has 0 aliphatic carbocycles. The second-order valence-electron chi connectivity index (χ2n) is 6.58. The number of rotatable bonds is 5. The first-order chi connectivity index (χ1) is 11.3. The van der Waals surface area contributed by atoms with Gasteiger partial charge in [0.05, 0.1) is 12.7 Å². The lowest BCUT2D eigenvalue weighted by atomic mass is 10.1. The van der Waals surface area contributed by atoms with E-state index in [0.29, 0.717) is 5.69 Å². The molecule has 1 atom stereocenters. The third-order valence-electron chi connectivity index (χ3n) is 4.87. The van der Waals surface area contributed by atoms with Crippen LogP contribution in [0.15, 0.2) is 12.1 Å². The van der Waals surface area contributed by atoms with Gasteiger partial charge in [0.15, 0.2) is 0 Å². The van der Waals surface area contributed by atoms with Crippen molar-refractivity contribution in [3.63, 3.8) is 0 Å². The first kappa shape index (κ1) is 16.2. The van der Waals surface area contributed by atoms with Crippen LogP contribution in [0.5, 0.6) is 0 Å². The summed E-state index contributed by atoms with van der Waals surface area (Å²) in [5.74, 6) is 0.897. The van der Waals surface area contributed by atoms with Crippen LogP contribution in [0, 0.1) is 18.3 Å². The Balaban J connectivity index is 1.46. The molecule has 0 saturated carbocycles. The molecule has 2 saturated heterocycles. The molecule has 3 rings (SSSR count). The predicted molar refractivity (Wildman–Crippen MR) is 90.6 cm³/mol. The van der Waals surface area contributed by atoms with Gasteiger partial charge in [-0.2, -0.15) is 5.26 Å². The quantitative estimate of drug-likeness (QED) is 0.835. The third-order valence-corrected chi connectivity index (χ3v) is 4.87. The molecule has 2 aliphatic heterocycles. The first-order valence-electron chi connectivity index (χ1n) is 8.73. The van der Waals surface area contributed by atoms with E-state index < -0.39 is 0 Å². The minimum atomic E-state index is 0.286. The number of aryl methyl sites for hydroxylation is 1. The molecule has 0 bridgehead atoms. The second-order valence-corrected chi connectivity index (χ2v) is 6.58. The van der Waals surface area contributed by atoms with E-state index >= 15 is 0 Å². The molecular weight excluding hydrogens is 288 g/mol. The summed E-state index contributed by atoms with van der Waals surface area (Å²) in [5, 5.41) is 9.12. The highest BCUT2D eigenvalue weighted by molar-refractivity contribution is 5.45. The van der Waals surface area contributed by atoms with Crippen LogP contribution in [-0.2, 0) is 4.74 Å². The molecule has 0 N–H and O–H groups in total. The summed E-state index contributed by atoms with van der Waals surface area (Å²) in [6, 6.07) is 6.15. The molecular formula is C18H26N4O. The van der Waals surface area contributed by atoms with Gasteiger partial charge in [0.2, 0.25) is 0 Å². The Morgan fingerprint density at radius 2 is 2.09 bits per heavy atom. The summed E-state index contributed by atoms with van der Waals surface area (Å²) >= 11 is 0. The van der Waals surface area contributed by atoms with E-state index in [4.69, 9.17) is 10.00 Å². The summed E-state index contributed by atoms with van der Waals surface area (Å²) in [6.07, 6.45) is 5.36. The lowest BCUT2D eigenvalue weighted by Crippen LogP contribution is -2.34. The number of hydrogen-bond acceptors (Lipinski definition) is 5. The number of piperidine rings is 1. The van der Waals surface area contributed by atoms with E-state index in [9.17, 15) is 0 Å². The Kier molecular flexibility index (Phi) is 5.47. The van der Waals surface area contributed by atoms with Crippen LogP contribution in [-0.4, -0.2) is 55.3 Å². The van der Waals surface area contributed by atoms with E-state index in [1.54, 1.807) is 0 Å². The third kappa shape index (κ3) is 4.21. The highest BCUT2D eigenvalue weighted by Crippen LogP contribution is 2.21. The Labute approximate surface area is 138 Å². The summed E-state index contributed by atoms with van der Waals surface area (Å²) in [5.41, 5.74) is 1.46. The zero-order chi connectivity index (χ0) is 16.1. The van der Waals surface area contributed by atoms with E-state index in [-0.39, 0.29) is 6.10 Å². The van der Waals surface area contributed by atoms with Crippen LogP contribution in [0.1, 0.15) is 36.9 Å². The molecule has 1 aromatic heterocycles. The van der Waals surface area contributed by atoms with Crippen molar-refractivity contribution in [1.29, 1.82) is 5.26 Å². The number of anilines is 1. The van der Waals surface area contributed by atoms with E-state index in [1.807, 2.05) is 19.1 Å². The summed E-state index contributed by atoms with van der Waals surface area (Å²) < 4.78 is 6.06. The zero-order valence-corrected chi connectivity index (χ0v) is 14.0. The standard InChI is InChI=1S/C18H26N4O/c1-15-5-6-18(20-17(15)13-19)22-10-7-16(14-22)23-12-11-21-8-3-2-4-9-21/h5-6,16H,2-4,7-12,14H2,1H3/t16-/m0/s1. The number of aromatic nitrogens is 1. The fourth-order valence-electron chi connectivity index (χ4n) is 3.41. The minimum absolute atomic E-state index is 0.286. The normalized spacial score (nSPS) is 22.3. The number of likely N-dealkylation sites (tertiary alicyclic amines) is 1. The molecule has 0 spiro atoms. The molecule has 5 nitrogen and oxygen atoms in total. The van der Waals surface area contributed by atoms with E-state index in [1.165, 1.54) is 32.4 Å². The minimum Gasteiger partial charge on any atom is -0.375 e. The van der Waals surface area contributed by atoms with Crippen molar-refractivity contribution in [1.82, 2.24) is 9.88 Å². The fraction of sp³-hybridized carbons (Fsp3) is 0.667. The smallest absolute Gasteiger partial charge is 0.145 e. The van der Waals surface area contributed by atoms with Crippen molar-refractivity contribution in [2.24, 2.45) is 0 Å². The topological polar surface area (TPSA) is 52.4 Å². The van der Waals surface area contributed by atoms with Crippen molar-refractivity contribution in [3.8, 4) is 6.07 Å². The molecule has 1 aromatic rings. The lowest BCUT2D eigenvalue weighted by Gasteiger charge is -2.26. The van der Waals surface area contributed by atoms with Gasteiger partial charge >= 0.3 is 0 Å². The molecule has 124 valence electrons. The average molecular weight is 314 g/mol. The molecule has 0 radical (unpaired) electrons. The lowest BCUT2D eigenvalue weighted by molar-refractivity contribution is 0.0467. The van der Waals surface area contributed by atoms with Crippen LogP contribution in [0.3, 0.4) is 0 Å². The van der Waals surface area contributed by atoms with Crippen molar-refractivity contribution >= 4 is 5.82 Å². The highest BCUT2D eigenvalue weighted by Gasteiger charge is 2.24. The van der Waals surface area contributed by atoms with Crippen LogP contribution in [0.4, 0.5) is 5.82 Å². The highest BCUT2D eigenvalue weighted by atomic mass is 16.5. The van der Waals surface area contributed by atoms with Crippen LogP contribution >= 0.6 is 0 Å². The molecule has 2 aliphatic rings. The Morgan fingerprint density at radius 3 is 2.87 bits per heavy atom. The van der Waals surface area contributed by atoms with Crippen LogP contribution < -0.4 is 4.90 Å². The van der Waals surface area contributed by atoms with Crippen molar-refractivity contribution in [3.05, 3.63) is 23.4 Å². The number of hydrogen-bond donors (Lipinski definition) is 0. The van der Waals surface area contributed by atoms with Gasteiger partial charge < -0.3 is 14.5 Å². The summed E-state index contributed by atoms with van der Waals surface area (Å²) in [4.78, 5) is 9.20. The maximum absolute atomic E-state index is 9.12. The maximum Gasteiger partial charge on any atom is 0.145 e. The SMILES string of the molecule is Cc1ccc(N2CC[C@H](OCCN3CCCCC3)C2)nc1C#N. The molecule has 3 heterocycles. The number of nitriles is 1. The molecule has 5 heteroatoms. The number of nitrogens with zero attached hydrogens (tertiary/aromatic N) is 4. The van der Waals surface area contributed by atoms with Gasteiger partial charge in [0.1, 0.15) is 17.6 Å². The Bertz CT molecular complexity index is 563. The van der Waals surface area contributed by atoms with Crippen molar-refractivity contribution in [2.75, 3.05) is 44.2 Å². The number of pyridine rings is 1. The molecule has 0 unspecified atom stereocenters. The van der Waals surface area contributed by atoms with E-state index in [2.05, 4.69) is 20.9 Å². The predicted octanol–water partition coefficient (Wildman–Crippen LogP) is 2.34. The molecule has 0 aromatic carbocycles. The summed E-state index contributed by atoms with van der Waals surface area (Å²) in [6.45, 7) is 8.08. The number of ether oxygens (including phenoxy) is 1. The van der Waals surface area contributed by atoms with E-state index in [0.717, 1.165) is 44.0 Å². The van der Waals surface area contributed by atoms with Crippen molar-refractivity contribution < 1.29 is 4.74 Å². The van der Waals surface area contributed by atoms with Gasteiger partial charge in [0, 0.05) is 19.6 Å². The monoisotopic (exact) mass is 314 g/mol. The summed E-state index contributed by atoms with van der Waals surface area (Å²) in [7, 11) is 0. The molecule has 2 fully saturated rings. The fourth-order valence-corrected chi connectivity index (χ4v) is 3.41. The van der Waals surface area contributed by atoms with Gasteiger partial charge in [-0.3, -0.25) is 0 Å². The first-order valence-corrected chi connectivity index (χ1v) is 8.73. The van der Waals surface area contributed by atoms with Gasteiger partial charge in [0.25, 0.3) is 0 Å². The van der Waals surface area contributed by atoms with Gasteiger partial charge in [-0.25, -0.2) is 4.98 Å². The Morgan fingerprint density at radius 1 is 1.26 bits per heavy atom. The maximum atomic E-state index is 9.12. The largest absolute Gasteiger partial charge is 0.375 e. The average Bonchev–Trinajstić information content (AvgIpc) is 3.05. The van der Waals surface area contributed by atoms with Crippen LogP contribution in [0.25, 0.3) is 0 Å². The molecule has 0 amide bonds. The second kappa shape index (κ2) is 7.76. The van der Waals surface area contributed by atoms with Gasteiger partial charge in [-0.05, 0) is 50.9 Å². The van der Waals surface area contributed by atoms with Crippen LogP contribution in [0.2, 0.25) is 0 Å². The van der Waals surface area contributed by atoms with Crippen molar-refractivity contribution in [2.45, 2.75) is 38.7 Å². The van der Waals surface area contributed by atoms with Gasteiger partial charge in [-0.1, -0.05) is 12.5 Å². The molecule has 23 heavy (non-hydrogen) atoms.